The number of aliphatic carboxylic acids is 1. The molecule has 12 nitrogen and oxygen atoms in total. The number of phenols is 1. The lowest BCUT2D eigenvalue weighted by Crippen LogP contribution is -2.64. The van der Waals surface area contributed by atoms with Crippen LogP contribution in [-0.4, -0.2) is 79.1 Å². The Balaban J connectivity index is 1.68. The fourth-order valence-electron chi connectivity index (χ4n) is 5.47. The van der Waals surface area contributed by atoms with E-state index < -0.39 is 71.8 Å². The van der Waals surface area contributed by atoms with Gasteiger partial charge in [-0.2, -0.15) is 0 Å². The number of carboxylic acid groups (broad SMARTS) is 1. The molecule has 12 heteroatoms. The summed E-state index contributed by atoms with van der Waals surface area (Å²) < 4.78 is 0. The van der Waals surface area contributed by atoms with Gasteiger partial charge in [0.15, 0.2) is 0 Å². The van der Waals surface area contributed by atoms with Gasteiger partial charge in [0.05, 0.1) is 18.6 Å². The fraction of sp³-hybridized carbons (Fsp3) is 0.600. The van der Waals surface area contributed by atoms with Gasteiger partial charge in [-0.05, 0) is 36.0 Å². The average molecular weight is 522 g/mol. The van der Waals surface area contributed by atoms with Crippen molar-refractivity contribution in [1.29, 1.82) is 0 Å². The zero-order chi connectivity index (χ0) is 27.4. The van der Waals surface area contributed by atoms with E-state index in [1.165, 1.54) is 12.1 Å². The first-order valence-electron chi connectivity index (χ1n) is 12.3. The van der Waals surface area contributed by atoms with Crippen LogP contribution in [0.5, 0.6) is 5.75 Å². The van der Waals surface area contributed by atoms with Crippen molar-refractivity contribution in [2.75, 3.05) is 0 Å². The highest BCUT2D eigenvalue weighted by Crippen LogP contribution is 2.44. The van der Waals surface area contributed by atoms with Gasteiger partial charge in [0, 0.05) is 25.7 Å². The summed E-state index contributed by atoms with van der Waals surface area (Å²) in [6, 6.07) is 3.48. The number of hydrogen-bond donors (Lipinski definition) is 8. The minimum absolute atomic E-state index is 0.0161. The number of amides is 3. The number of aliphatic hydroxyl groups is 3. The Morgan fingerprint density at radius 2 is 1.65 bits per heavy atom. The van der Waals surface area contributed by atoms with Gasteiger partial charge in [-0.1, -0.05) is 25.0 Å². The van der Waals surface area contributed by atoms with Gasteiger partial charge in [0.25, 0.3) is 5.91 Å². The molecule has 1 aromatic rings. The van der Waals surface area contributed by atoms with Crippen molar-refractivity contribution in [3.63, 3.8) is 0 Å². The highest BCUT2D eigenvalue weighted by atomic mass is 16.4. The number of benzene rings is 1. The van der Waals surface area contributed by atoms with Crippen LogP contribution in [0, 0.1) is 5.41 Å². The van der Waals surface area contributed by atoms with E-state index in [0.717, 1.165) is 12.8 Å². The summed E-state index contributed by atoms with van der Waals surface area (Å²) in [6.45, 7) is 0. The largest absolute Gasteiger partial charge is 0.508 e. The van der Waals surface area contributed by atoms with E-state index in [4.69, 9.17) is 5.73 Å². The number of carbonyl (C=O) groups excluding carboxylic acids is 3. The molecule has 2 aliphatic rings. The first-order valence-corrected chi connectivity index (χ1v) is 12.3. The second kappa shape index (κ2) is 11.4. The number of carboxylic acids is 1. The van der Waals surface area contributed by atoms with Crippen molar-refractivity contribution in [1.82, 2.24) is 10.6 Å². The molecular formula is C25H35N3O9. The zero-order valence-corrected chi connectivity index (χ0v) is 20.4. The van der Waals surface area contributed by atoms with Crippen molar-refractivity contribution < 1.29 is 44.7 Å². The van der Waals surface area contributed by atoms with Crippen molar-refractivity contribution in [3.8, 4) is 5.75 Å². The Morgan fingerprint density at radius 3 is 2.22 bits per heavy atom. The molecule has 0 spiro atoms. The monoisotopic (exact) mass is 521 g/mol. The Morgan fingerprint density at radius 1 is 1.03 bits per heavy atom. The molecule has 5 unspecified atom stereocenters. The summed E-state index contributed by atoms with van der Waals surface area (Å²) in [5, 5.41) is 55.6. The summed E-state index contributed by atoms with van der Waals surface area (Å²) in [4.78, 5) is 49.2. The number of hydrogen-bond acceptors (Lipinski definition) is 8. The minimum atomic E-state index is -2.23. The van der Waals surface area contributed by atoms with Crippen LogP contribution >= 0.6 is 0 Å². The van der Waals surface area contributed by atoms with Crippen molar-refractivity contribution in [3.05, 3.63) is 29.8 Å². The highest BCUT2D eigenvalue weighted by molar-refractivity contribution is 5.91. The van der Waals surface area contributed by atoms with E-state index in [-0.39, 0.29) is 25.0 Å². The van der Waals surface area contributed by atoms with E-state index in [0.29, 0.717) is 18.4 Å². The van der Waals surface area contributed by atoms with Crippen LogP contribution in [0.3, 0.4) is 0 Å². The van der Waals surface area contributed by atoms with Gasteiger partial charge in [-0.15, -0.1) is 0 Å². The molecular weight excluding hydrogens is 486 g/mol. The Bertz CT molecular complexity index is 1010. The third-order valence-electron chi connectivity index (χ3n) is 7.43. The summed E-state index contributed by atoms with van der Waals surface area (Å²) in [6.07, 6.45) is -1.55. The van der Waals surface area contributed by atoms with Crippen molar-refractivity contribution in [2.45, 2.75) is 87.7 Å². The van der Waals surface area contributed by atoms with Gasteiger partial charge < -0.3 is 41.9 Å². The molecule has 204 valence electrons. The van der Waals surface area contributed by atoms with E-state index in [1.54, 1.807) is 12.1 Å². The smallest absolute Gasteiger partial charge is 0.303 e. The molecule has 0 aromatic heterocycles. The maximum Gasteiger partial charge on any atom is 0.303 e. The number of nitrogens with one attached hydrogen (secondary N) is 2. The highest BCUT2D eigenvalue weighted by Gasteiger charge is 2.50. The second-order valence-electron chi connectivity index (χ2n) is 10.4. The molecule has 0 radical (unpaired) electrons. The first-order chi connectivity index (χ1) is 17.3. The summed E-state index contributed by atoms with van der Waals surface area (Å²) >= 11 is 0. The fourth-order valence-corrected chi connectivity index (χ4v) is 5.47. The van der Waals surface area contributed by atoms with Crippen LogP contribution in [0.25, 0.3) is 0 Å². The predicted octanol–water partition coefficient (Wildman–Crippen LogP) is -0.938. The molecule has 5 atom stereocenters. The molecule has 3 amide bonds. The quantitative estimate of drug-likeness (QED) is 0.190. The predicted molar refractivity (Wildman–Crippen MR) is 129 cm³/mol. The second-order valence-corrected chi connectivity index (χ2v) is 10.4. The van der Waals surface area contributed by atoms with E-state index in [9.17, 15) is 44.7 Å². The first kappa shape index (κ1) is 28.4. The van der Waals surface area contributed by atoms with Gasteiger partial charge in [0.2, 0.25) is 11.8 Å². The van der Waals surface area contributed by atoms with Crippen LogP contribution in [0.15, 0.2) is 24.3 Å². The van der Waals surface area contributed by atoms with Gasteiger partial charge in [0.1, 0.15) is 23.5 Å². The Kier molecular flexibility index (Phi) is 8.77. The van der Waals surface area contributed by atoms with E-state index in [1.807, 2.05) is 0 Å². The number of aromatic hydroxyl groups is 1. The number of rotatable bonds is 10. The van der Waals surface area contributed by atoms with Crippen molar-refractivity contribution >= 4 is 23.7 Å². The summed E-state index contributed by atoms with van der Waals surface area (Å²) in [5.74, 6) is -3.41. The van der Waals surface area contributed by atoms with E-state index in [2.05, 4.69) is 10.6 Å². The topological polar surface area (TPSA) is 220 Å². The normalized spacial score (nSPS) is 27.7. The van der Waals surface area contributed by atoms with Crippen LogP contribution in [0.2, 0.25) is 0 Å². The maximum atomic E-state index is 13.0. The van der Waals surface area contributed by atoms with Crippen LogP contribution < -0.4 is 16.4 Å². The van der Waals surface area contributed by atoms with Crippen LogP contribution in [0.4, 0.5) is 0 Å². The SMILES string of the molecule is NC(=O)C(Cc1ccc(O)cc1)NC(=O)C1(O)CC(O)C(O)C(NC(=O)CC2(CC(=O)O)CCCC2)C1. The number of carbonyl (C=O) groups is 4. The lowest BCUT2D eigenvalue weighted by atomic mass is 9.76. The molecule has 9 N–H and O–H groups in total. The molecule has 1 aromatic carbocycles. The molecule has 0 saturated heterocycles. The molecule has 2 saturated carbocycles. The molecule has 37 heavy (non-hydrogen) atoms. The van der Waals surface area contributed by atoms with Gasteiger partial charge >= 0.3 is 5.97 Å². The lowest BCUT2D eigenvalue weighted by molar-refractivity contribution is -0.161. The third kappa shape index (κ3) is 7.18. The van der Waals surface area contributed by atoms with Crippen molar-refractivity contribution in [2.24, 2.45) is 11.1 Å². The number of phenolic OH excluding ortho intramolecular Hbond substituents is 1. The van der Waals surface area contributed by atoms with Gasteiger partial charge in [-0.25, -0.2) is 0 Å². The average Bonchev–Trinajstić information content (AvgIpc) is 3.24. The number of aliphatic hydroxyl groups excluding tert-OH is 2. The maximum absolute atomic E-state index is 13.0. The minimum Gasteiger partial charge on any atom is -0.508 e. The molecule has 0 heterocycles. The molecule has 0 bridgehead atoms. The third-order valence-corrected chi connectivity index (χ3v) is 7.43. The summed E-state index contributed by atoms with van der Waals surface area (Å²) in [5.41, 5.74) is 3.08. The summed E-state index contributed by atoms with van der Waals surface area (Å²) in [7, 11) is 0. The van der Waals surface area contributed by atoms with E-state index >= 15 is 0 Å². The molecule has 2 aliphatic carbocycles. The molecule has 0 aliphatic heterocycles. The lowest BCUT2D eigenvalue weighted by Gasteiger charge is -2.42. The van der Waals surface area contributed by atoms with Crippen LogP contribution in [0.1, 0.15) is 56.9 Å². The Hall–Kier alpha value is -3.22. The number of nitrogens with two attached hydrogens (primary N) is 1. The molecule has 3 rings (SSSR count). The van der Waals surface area contributed by atoms with Crippen LogP contribution in [-0.2, 0) is 25.6 Å². The molecule has 2 fully saturated rings. The zero-order valence-electron chi connectivity index (χ0n) is 20.4. The van der Waals surface area contributed by atoms with Gasteiger partial charge in [-0.3, -0.25) is 19.2 Å². The number of primary amides is 1. The standard InChI is InChI=1S/C25H35N3O9/c26-22(35)16(9-14-3-5-15(29)6-4-14)28-23(36)25(37)10-17(21(34)18(30)11-25)27-19(31)12-24(13-20(32)33)7-1-2-8-24/h3-6,16-18,21,29-30,34,37H,1-2,7-13H2,(H2,26,35)(H,27,31)(H,28,36)(H,32,33). The Labute approximate surface area is 213 Å².